The van der Waals surface area contributed by atoms with E-state index in [1.165, 1.54) is 7.11 Å². The number of hydrogen-bond donors (Lipinski definition) is 2. The quantitative estimate of drug-likeness (QED) is 0.511. The van der Waals surface area contributed by atoms with Crippen LogP contribution in [0.15, 0.2) is 11.6 Å². The molecule has 0 fully saturated rings. The number of carbonyl (C=O) groups excluding carboxylic acids is 1. The second-order valence-electron chi connectivity index (χ2n) is 3.68. The van der Waals surface area contributed by atoms with Crippen molar-refractivity contribution in [2.24, 2.45) is 5.92 Å². The van der Waals surface area contributed by atoms with E-state index in [0.29, 0.717) is 12.0 Å². The predicted molar refractivity (Wildman–Crippen MR) is 57.3 cm³/mol. The predicted octanol–water partition coefficient (Wildman–Crippen LogP) is 0.875. The van der Waals surface area contributed by atoms with Crippen LogP contribution in [0.25, 0.3) is 0 Å². The molecular weight excluding hydrogens is 196 g/mol. The number of hydrogen-bond acceptors (Lipinski definition) is 4. The zero-order valence-corrected chi connectivity index (χ0v) is 9.56. The van der Waals surface area contributed by atoms with Crippen LogP contribution in [0.3, 0.4) is 0 Å². The van der Waals surface area contributed by atoms with Gasteiger partial charge < -0.3 is 14.9 Å². The highest BCUT2D eigenvalue weighted by atomic mass is 16.5. The fourth-order valence-corrected chi connectivity index (χ4v) is 1.18. The zero-order valence-electron chi connectivity index (χ0n) is 9.56. The van der Waals surface area contributed by atoms with Gasteiger partial charge in [-0.1, -0.05) is 13.0 Å². The van der Waals surface area contributed by atoms with Crippen molar-refractivity contribution < 1.29 is 19.7 Å². The molecule has 0 aromatic rings. The Morgan fingerprint density at radius 1 is 1.53 bits per heavy atom. The van der Waals surface area contributed by atoms with Crippen LogP contribution in [0.2, 0.25) is 0 Å². The smallest absolute Gasteiger partial charge is 0.333 e. The summed E-state index contributed by atoms with van der Waals surface area (Å²) in [6.45, 7) is 3.34. The molecule has 0 radical (unpaired) electrons. The standard InChI is InChI=1S/C11H20O4/c1-8(10(13)7-12)5-4-6-9(2)11(14)15-3/h6,8,10,12-13H,4-5,7H2,1-3H3/b9-6+/t8-,10+/m0/s1. The van der Waals surface area contributed by atoms with Crippen LogP contribution in [0, 0.1) is 5.92 Å². The van der Waals surface area contributed by atoms with Crippen molar-refractivity contribution in [1.82, 2.24) is 0 Å². The number of methoxy groups -OCH3 is 1. The van der Waals surface area contributed by atoms with Gasteiger partial charge in [0.15, 0.2) is 0 Å². The Labute approximate surface area is 90.6 Å². The normalized spacial score (nSPS) is 15.9. The highest BCUT2D eigenvalue weighted by Crippen LogP contribution is 2.12. The highest BCUT2D eigenvalue weighted by molar-refractivity contribution is 5.87. The van der Waals surface area contributed by atoms with Crippen molar-refractivity contribution in [3.63, 3.8) is 0 Å². The van der Waals surface area contributed by atoms with E-state index >= 15 is 0 Å². The van der Waals surface area contributed by atoms with Crippen molar-refractivity contribution in [2.45, 2.75) is 32.8 Å². The maximum atomic E-state index is 11.0. The Balaban J connectivity index is 3.92. The Hall–Kier alpha value is -0.870. The minimum Gasteiger partial charge on any atom is -0.466 e. The summed E-state index contributed by atoms with van der Waals surface area (Å²) >= 11 is 0. The fraction of sp³-hybridized carbons (Fsp3) is 0.727. The molecule has 0 amide bonds. The van der Waals surface area contributed by atoms with Crippen LogP contribution in [0.1, 0.15) is 26.7 Å². The molecule has 4 nitrogen and oxygen atoms in total. The monoisotopic (exact) mass is 216 g/mol. The lowest BCUT2D eigenvalue weighted by Crippen LogP contribution is -2.21. The first kappa shape index (κ1) is 14.1. The molecule has 0 aromatic carbocycles. The third kappa shape index (κ3) is 5.54. The highest BCUT2D eigenvalue weighted by Gasteiger charge is 2.12. The Kier molecular flexibility index (Phi) is 6.99. The first-order chi connectivity index (χ1) is 7.02. The van der Waals surface area contributed by atoms with Crippen molar-refractivity contribution in [2.75, 3.05) is 13.7 Å². The molecule has 0 saturated heterocycles. The maximum Gasteiger partial charge on any atom is 0.333 e. The lowest BCUT2D eigenvalue weighted by molar-refractivity contribution is -0.136. The van der Waals surface area contributed by atoms with Crippen LogP contribution in [-0.2, 0) is 9.53 Å². The third-order valence-electron chi connectivity index (χ3n) is 2.42. The molecule has 0 aliphatic carbocycles. The molecule has 2 atom stereocenters. The second kappa shape index (κ2) is 7.43. The number of aliphatic hydroxyl groups excluding tert-OH is 2. The molecule has 0 rings (SSSR count). The number of aliphatic hydroxyl groups is 2. The first-order valence-corrected chi connectivity index (χ1v) is 5.07. The average molecular weight is 216 g/mol. The molecule has 0 aliphatic heterocycles. The SMILES string of the molecule is COC(=O)/C(C)=C/CC[C@H](C)[C@H](O)CO. The third-order valence-corrected chi connectivity index (χ3v) is 2.42. The second-order valence-corrected chi connectivity index (χ2v) is 3.68. The number of carbonyl (C=O) groups is 1. The van der Waals surface area contributed by atoms with E-state index in [-0.39, 0.29) is 18.5 Å². The maximum absolute atomic E-state index is 11.0. The largest absolute Gasteiger partial charge is 0.466 e. The van der Waals surface area contributed by atoms with Crippen LogP contribution < -0.4 is 0 Å². The van der Waals surface area contributed by atoms with Gasteiger partial charge in [0.2, 0.25) is 0 Å². The number of allylic oxidation sites excluding steroid dienone is 1. The van der Waals surface area contributed by atoms with Gasteiger partial charge in [0.25, 0.3) is 0 Å². The Morgan fingerprint density at radius 2 is 2.13 bits per heavy atom. The molecule has 88 valence electrons. The number of ether oxygens (including phenoxy) is 1. The molecule has 0 saturated carbocycles. The summed E-state index contributed by atoms with van der Waals surface area (Å²) in [5, 5.41) is 18.0. The Morgan fingerprint density at radius 3 is 2.60 bits per heavy atom. The van der Waals surface area contributed by atoms with Gasteiger partial charge in [-0.3, -0.25) is 0 Å². The van der Waals surface area contributed by atoms with Crippen LogP contribution in [0.4, 0.5) is 0 Å². The average Bonchev–Trinajstić information content (AvgIpc) is 2.26. The van der Waals surface area contributed by atoms with Gasteiger partial charge in [-0.2, -0.15) is 0 Å². The lowest BCUT2D eigenvalue weighted by atomic mass is 9.99. The summed E-state index contributed by atoms with van der Waals surface area (Å²) in [5.41, 5.74) is 0.572. The van der Waals surface area contributed by atoms with E-state index in [2.05, 4.69) is 4.74 Å². The van der Waals surface area contributed by atoms with Crippen molar-refractivity contribution in [3.8, 4) is 0 Å². The van der Waals surface area contributed by atoms with Crippen molar-refractivity contribution in [1.29, 1.82) is 0 Å². The molecule has 0 aromatic heterocycles. The van der Waals surface area contributed by atoms with Gasteiger partial charge in [-0.05, 0) is 25.7 Å². The molecule has 0 heterocycles. The summed E-state index contributed by atoms with van der Waals surface area (Å²) in [6, 6.07) is 0. The zero-order chi connectivity index (χ0) is 11.8. The summed E-state index contributed by atoms with van der Waals surface area (Å²) in [4.78, 5) is 11.0. The van der Waals surface area contributed by atoms with Crippen LogP contribution in [-0.4, -0.2) is 36.0 Å². The first-order valence-electron chi connectivity index (χ1n) is 5.07. The summed E-state index contributed by atoms with van der Waals surface area (Å²) < 4.78 is 4.54. The van der Waals surface area contributed by atoms with E-state index in [9.17, 15) is 9.90 Å². The van der Waals surface area contributed by atoms with Crippen LogP contribution >= 0.6 is 0 Å². The fourth-order valence-electron chi connectivity index (χ4n) is 1.18. The van der Waals surface area contributed by atoms with E-state index < -0.39 is 6.10 Å². The molecular formula is C11H20O4. The minimum absolute atomic E-state index is 0.0247. The molecule has 2 N–H and O–H groups in total. The molecule has 4 heteroatoms. The molecule has 0 unspecified atom stereocenters. The van der Waals surface area contributed by atoms with Gasteiger partial charge in [0.1, 0.15) is 0 Å². The molecule has 0 bridgehead atoms. The molecule has 0 spiro atoms. The molecule has 15 heavy (non-hydrogen) atoms. The van der Waals surface area contributed by atoms with Gasteiger partial charge >= 0.3 is 5.97 Å². The van der Waals surface area contributed by atoms with Gasteiger partial charge in [0, 0.05) is 5.57 Å². The summed E-state index contributed by atoms with van der Waals surface area (Å²) in [7, 11) is 1.35. The van der Waals surface area contributed by atoms with E-state index in [1.54, 1.807) is 13.0 Å². The Bertz CT molecular complexity index is 223. The number of rotatable bonds is 6. The topological polar surface area (TPSA) is 66.8 Å². The van der Waals surface area contributed by atoms with Crippen molar-refractivity contribution >= 4 is 5.97 Å². The van der Waals surface area contributed by atoms with Crippen LogP contribution in [0.5, 0.6) is 0 Å². The minimum atomic E-state index is -0.683. The number of esters is 1. The summed E-state index contributed by atoms with van der Waals surface area (Å²) in [5.74, 6) is -0.304. The molecule has 0 aliphatic rings. The van der Waals surface area contributed by atoms with Gasteiger partial charge in [-0.15, -0.1) is 0 Å². The van der Waals surface area contributed by atoms with E-state index in [4.69, 9.17) is 5.11 Å². The van der Waals surface area contributed by atoms with Gasteiger partial charge in [-0.25, -0.2) is 4.79 Å². The lowest BCUT2D eigenvalue weighted by Gasteiger charge is -2.15. The van der Waals surface area contributed by atoms with Crippen molar-refractivity contribution in [3.05, 3.63) is 11.6 Å². The summed E-state index contributed by atoms with van der Waals surface area (Å²) in [6.07, 6.45) is 2.53. The van der Waals surface area contributed by atoms with Gasteiger partial charge in [0.05, 0.1) is 19.8 Å². The van der Waals surface area contributed by atoms with E-state index in [1.807, 2.05) is 6.92 Å². The van der Waals surface area contributed by atoms with E-state index in [0.717, 1.165) is 6.42 Å².